The third kappa shape index (κ3) is 3.82. The van der Waals surface area contributed by atoms with Crippen molar-refractivity contribution in [1.82, 2.24) is 14.9 Å². The highest BCUT2D eigenvalue weighted by Gasteiger charge is 2.35. The maximum Gasteiger partial charge on any atom is 0.340 e. The van der Waals surface area contributed by atoms with Crippen LogP contribution in [0.15, 0.2) is 53.3 Å². The molecule has 0 saturated carbocycles. The molecule has 194 valence electrons. The number of rotatable bonds is 4. The van der Waals surface area contributed by atoms with Crippen LogP contribution in [0.2, 0.25) is 0 Å². The number of aromatic nitrogens is 2. The van der Waals surface area contributed by atoms with Gasteiger partial charge < -0.3 is 29.2 Å². The van der Waals surface area contributed by atoms with E-state index in [1.54, 1.807) is 10.6 Å². The minimum absolute atomic E-state index is 0.150. The summed E-state index contributed by atoms with van der Waals surface area (Å²) < 4.78 is 17.8. The number of hydrogen-bond donors (Lipinski definition) is 2. The first-order valence-corrected chi connectivity index (χ1v) is 12.7. The second kappa shape index (κ2) is 9.59. The lowest BCUT2D eigenvalue weighted by atomic mass is 9.98. The summed E-state index contributed by atoms with van der Waals surface area (Å²) in [6, 6.07) is 15.6. The molecule has 38 heavy (non-hydrogen) atoms. The van der Waals surface area contributed by atoms with Gasteiger partial charge in [-0.25, -0.2) is 9.78 Å². The molecule has 2 aromatic heterocycles. The number of aliphatic hydroxyl groups excluding tert-OH is 1. The number of pyridine rings is 2. The van der Waals surface area contributed by atoms with Crippen LogP contribution in [0, 0.1) is 0 Å². The summed E-state index contributed by atoms with van der Waals surface area (Å²) in [6.07, 6.45) is -1.49. The molecule has 1 atom stereocenters. The highest BCUT2D eigenvalue weighted by Crippen LogP contribution is 2.42. The SMILES string of the molecule is CC.O=C1OCc2c(cc3n(c2=O)Cc2c-3nc3cc4c(cc3c2CNCc2ccccc2)OCO4)C1O. The topological polar surface area (TPSA) is 112 Å². The zero-order chi connectivity index (χ0) is 26.4. The second-order valence-corrected chi connectivity index (χ2v) is 9.09. The van der Waals surface area contributed by atoms with Gasteiger partial charge in [0, 0.05) is 35.7 Å². The summed E-state index contributed by atoms with van der Waals surface area (Å²) in [5.41, 5.74) is 5.34. The molecule has 7 rings (SSSR count). The van der Waals surface area contributed by atoms with E-state index in [4.69, 9.17) is 19.2 Å². The lowest BCUT2D eigenvalue weighted by Crippen LogP contribution is -2.32. The summed E-state index contributed by atoms with van der Waals surface area (Å²) in [7, 11) is 0. The molecule has 0 saturated heterocycles. The lowest BCUT2D eigenvalue weighted by Gasteiger charge is -2.21. The van der Waals surface area contributed by atoms with E-state index < -0.39 is 12.1 Å². The molecule has 2 N–H and O–H groups in total. The lowest BCUT2D eigenvalue weighted by molar-refractivity contribution is -0.157. The van der Waals surface area contributed by atoms with Crippen LogP contribution in [0.1, 0.15) is 47.8 Å². The Bertz CT molecular complexity index is 1630. The first kappa shape index (κ1) is 24.1. The average Bonchev–Trinajstić information content (AvgIpc) is 3.56. The van der Waals surface area contributed by atoms with Crippen LogP contribution in [-0.4, -0.2) is 27.4 Å². The Morgan fingerprint density at radius 1 is 1.00 bits per heavy atom. The summed E-state index contributed by atoms with van der Waals surface area (Å²) in [5.74, 6) is 0.530. The summed E-state index contributed by atoms with van der Waals surface area (Å²) >= 11 is 0. The fourth-order valence-electron chi connectivity index (χ4n) is 5.23. The quantitative estimate of drug-likeness (QED) is 0.351. The Morgan fingerprint density at radius 2 is 1.76 bits per heavy atom. The van der Waals surface area contributed by atoms with Gasteiger partial charge in [-0.05, 0) is 23.3 Å². The summed E-state index contributed by atoms with van der Waals surface area (Å²) in [6.45, 7) is 5.56. The summed E-state index contributed by atoms with van der Waals surface area (Å²) in [4.78, 5) is 30.2. The van der Waals surface area contributed by atoms with Gasteiger partial charge >= 0.3 is 5.97 Å². The largest absolute Gasteiger partial charge is 0.458 e. The van der Waals surface area contributed by atoms with E-state index >= 15 is 0 Å². The smallest absolute Gasteiger partial charge is 0.340 e. The Balaban J connectivity index is 0.00000129. The minimum Gasteiger partial charge on any atom is -0.458 e. The molecule has 0 bridgehead atoms. The standard InChI is InChI=1S/C27H21N3O6.C2H6/c31-25-16-6-21-24-18(11-30(21)26(32)19(16)12-34-27(25)33)17(10-28-9-14-4-2-1-3-5-14)15-7-22-23(36-13-35-22)8-20(15)29-24;1-2/h1-8,25,28,31H,9-13H2;1-2H3. The molecular weight excluding hydrogens is 486 g/mol. The van der Waals surface area contributed by atoms with Crippen molar-refractivity contribution in [1.29, 1.82) is 0 Å². The number of carbonyl (C=O) groups excluding carboxylic acids is 1. The fraction of sp³-hybridized carbons (Fsp3) is 0.276. The van der Waals surface area contributed by atoms with Crippen LogP contribution in [0.4, 0.5) is 0 Å². The number of carbonyl (C=O) groups is 1. The van der Waals surface area contributed by atoms with Crippen molar-refractivity contribution in [2.24, 2.45) is 0 Å². The number of hydrogen-bond acceptors (Lipinski definition) is 8. The van der Waals surface area contributed by atoms with Crippen LogP contribution >= 0.6 is 0 Å². The van der Waals surface area contributed by atoms with E-state index in [1.807, 2.05) is 44.2 Å². The molecule has 0 amide bonds. The maximum absolute atomic E-state index is 13.4. The zero-order valence-electron chi connectivity index (χ0n) is 21.1. The number of aliphatic hydroxyl groups is 1. The zero-order valence-corrected chi connectivity index (χ0v) is 21.1. The number of ether oxygens (including phenoxy) is 3. The molecule has 9 nitrogen and oxygen atoms in total. The first-order valence-electron chi connectivity index (χ1n) is 12.7. The molecule has 0 aliphatic carbocycles. The number of nitrogens with zero attached hydrogens (tertiary/aromatic N) is 2. The van der Waals surface area contributed by atoms with Gasteiger partial charge in [-0.15, -0.1) is 0 Å². The van der Waals surface area contributed by atoms with Crippen LogP contribution in [-0.2, 0) is 35.8 Å². The molecule has 3 aliphatic rings. The predicted octanol–water partition coefficient (Wildman–Crippen LogP) is 3.56. The molecule has 3 aliphatic heterocycles. The van der Waals surface area contributed by atoms with E-state index in [0.29, 0.717) is 53.6 Å². The van der Waals surface area contributed by atoms with Crippen LogP contribution < -0.4 is 20.3 Å². The number of fused-ring (bicyclic) bond motifs is 6. The number of benzene rings is 2. The highest BCUT2D eigenvalue weighted by molar-refractivity contribution is 5.91. The van der Waals surface area contributed by atoms with Crippen molar-refractivity contribution in [3.05, 3.63) is 86.7 Å². The number of cyclic esters (lactones) is 1. The monoisotopic (exact) mass is 513 g/mol. The van der Waals surface area contributed by atoms with Crippen LogP contribution in [0.5, 0.6) is 11.5 Å². The van der Waals surface area contributed by atoms with E-state index in [1.165, 1.54) is 0 Å². The molecule has 5 heterocycles. The minimum atomic E-state index is -1.49. The van der Waals surface area contributed by atoms with E-state index in [0.717, 1.165) is 22.1 Å². The molecule has 0 fully saturated rings. The van der Waals surface area contributed by atoms with Gasteiger partial charge in [-0.3, -0.25) is 4.79 Å². The third-order valence-electron chi connectivity index (χ3n) is 7.04. The summed E-state index contributed by atoms with van der Waals surface area (Å²) in [5, 5.41) is 14.9. The van der Waals surface area contributed by atoms with Gasteiger partial charge in [0.15, 0.2) is 17.6 Å². The molecule has 0 spiro atoms. The van der Waals surface area contributed by atoms with Gasteiger partial charge in [0.25, 0.3) is 5.56 Å². The van der Waals surface area contributed by atoms with E-state index in [9.17, 15) is 14.7 Å². The van der Waals surface area contributed by atoms with Crippen molar-refractivity contribution in [2.75, 3.05) is 6.79 Å². The molecule has 0 radical (unpaired) electrons. The highest BCUT2D eigenvalue weighted by atomic mass is 16.7. The van der Waals surface area contributed by atoms with Gasteiger partial charge in [0.2, 0.25) is 6.79 Å². The Hall–Kier alpha value is -4.21. The molecule has 1 unspecified atom stereocenters. The van der Waals surface area contributed by atoms with Crippen molar-refractivity contribution >= 4 is 16.9 Å². The van der Waals surface area contributed by atoms with Gasteiger partial charge in [0.1, 0.15) is 6.61 Å². The van der Waals surface area contributed by atoms with Gasteiger partial charge in [-0.1, -0.05) is 44.2 Å². The van der Waals surface area contributed by atoms with Crippen molar-refractivity contribution < 1.29 is 24.1 Å². The van der Waals surface area contributed by atoms with Crippen LogP contribution in [0.3, 0.4) is 0 Å². The number of esters is 1. The maximum atomic E-state index is 13.4. The normalized spacial score (nSPS) is 16.3. The Morgan fingerprint density at radius 3 is 2.55 bits per heavy atom. The van der Waals surface area contributed by atoms with Gasteiger partial charge in [0.05, 0.1) is 29.0 Å². The first-order chi connectivity index (χ1) is 18.6. The molecular formula is C29H27N3O6. The molecule has 2 aromatic carbocycles. The predicted molar refractivity (Wildman–Crippen MR) is 140 cm³/mol. The van der Waals surface area contributed by atoms with E-state index in [-0.39, 0.29) is 24.5 Å². The Labute approximate surface area is 218 Å². The number of nitrogens with one attached hydrogen (secondary N) is 1. The van der Waals surface area contributed by atoms with E-state index in [2.05, 4.69) is 17.4 Å². The third-order valence-corrected chi connectivity index (χ3v) is 7.04. The molecule has 9 heteroatoms. The second-order valence-electron chi connectivity index (χ2n) is 9.09. The average molecular weight is 514 g/mol. The van der Waals surface area contributed by atoms with Gasteiger partial charge in [-0.2, -0.15) is 0 Å². The van der Waals surface area contributed by atoms with Crippen molar-refractivity contribution in [3.63, 3.8) is 0 Å². The Kier molecular flexibility index (Phi) is 6.09. The van der Waals surface area contributed by atoms with Crippen molar-refractivity contribution in [2.45, 2.75) is 46.2 Å². The van der Waals surface area contributed by atoms with Crippen LogP contribution in [0.25, 0.3) is 22.3 Å². The molecule has 4 aromatic rings. The van der Waals surface area contributed by atoms with Crippen molar-refractivity contribution in [3.8, 4) is 22.9 Å². The fourth-order valence-corrected chi connectivity index (χ4v) is 5.23.